The highest BCUT2D eigenvalue weighted by molar-refractivity contribution is 5.94. The van der Waals surface area contributed by atoms with Crippen LogP contribution in [0, 0.1) is 9.81 Å². The van der Waals surface area contributed by atoms with Gasteiger partial charge in [0, 0.05) is 24.3 Å². The highest BCUT2D eigenvalue weighted by Crippen LogP contribution is 2.29. The van der Waals surface area contributed by atoms with Crippen molar-refractivity contribution in [2.45, 2.75) is 0 Å². The molecule has 2 aromatic rings. The van der Waals surface area contributed by atoms with Crippen LogP contribution in [0.5, 0.6) is 11.5 Å². The summed E-state index contributed by atoms with van der Waals surface area (Å²) in [5.74, 6) is 0.00505. The van der Waals surface area contributed by atoms with Crippen molar-refractivity contribution in [3.63, 3.8) is 0 Å². The van der Waals surface area contributed by atoms with Gasteiger partial charge in [0.1, 0.15) is 17.1 Å². The molecular weight excluding hydrogens is 332 g/mol. The molecule has 0 radical (unpaired) electrons. The van der Waals surface area contributed by atoms with Crippen molar-refractivity contribution in [3.05, 3.63) is 57.8 Å². The molecule has 2 aromatic carbocycles. The summed E-state index contributed by atoms with van der Waals surface area (Å²) in [6, 6.07) is 10.3. The fourth-order valence-corrected chi connectivity index (χ4v) is 1.99. The molecule has 0 aliphatic heterocycles. The van der Waals surface area contributed by atoms with E-state index in [4.69, 9.17) is 4.74 Å². The SMILES string of the molecule is COC(=O)c1cc(Oc2ccc([N+](=O)OC)cc2)ccc1[N+](=O)OC. The molecule has 25 heavy (non-hydrogen) atoms. The Bertz CT molecular complexity index is 803. The monoisotopic (exact) mass is 348 g/mol. The topological polar surface area (TPSA) is 94.2 Å². The summed E-state index contributed by atoms with van der Waals surface area (Å²) in [7, 11) is 3.64. The van der Waals surface area contributed by atoms with E-state index in [9.17, 15) is 14.6 Å². The van der Waals surface area contributed by atoms with Gasteiger partial charge < -0.3 is 9.47 Å². The Labute approximate surface area is 142 Å². The lowest BCUT2D eigenvalue weighted by molar-refractivity contribution is -0.736. The molecule has 0 aliphatic rings. The van der Waals surface area contributed by atoms with Crippen molar-refractivity contribution >= 4 is 17.3 Å². The molecule has 0 saturated carbocycles. The molecule has 0 unspecified atom stereocenters. The number of carbonyl (C=O) groups is 1. The number of hydrogen-bond donors (Lipinski definition) is 0. The van der Waals surface area contributed by atoms with Crippen LogP contribution in [0.2, 0.25) is 0 Å². The maximum atomic E-state index is 11.9. The number of methoxy groups -OCH3 is 1. The summed E-state index contributed by atoms with van der Waals surface area (Å²) < 4.78 is 10.3. The van der Waals surface area contributed by atoms with Crippen molar-refractivity contribution in [2.75, 3.05) is 21.3 Å². The maximum Gasteiger partial charge on any atom is 0.345 e. The van der Waals surface area contributed by atoms with Gasteiger partial charge in [-0.1, -0.05) is 0 Å². The van der Waals surface area contributed by atoms with E-state index in [1.165, 1.54) is 51.7 Å². The summed E-state index contributed by atoms with van der Waals surface area (Å²) in [6.07, 6.45) is 0. The summed E-state index contributed by atoms with van der Waals surface area (Å²) in [4.78, 5) is 44.5. The van der Waals surface area contributed by atoms with Gasteiger partial charge in [0.15, 0.2) is 14.2 Å². The second-order valence-electron chi connectivity index (χ2n) is 4.65. The van der Waals surface area contributed by atoms with Crippen LogP contribution in [0.3, 0.4) is 0 Å². The maximum absolute atomic E-state index is 11.9. The summed E-state index contributed by atoms with van der Waals surface area (Å²) in [5, 5.41) is 0. The largest absolute Gasteiger partial charge is 0.465 e. The first-order chi connectivity index (χ1) is 12.0. The normalized spacial score (nSPS) is 9.88. The molecule has 0 heterocycles. The minimum absolute atomic E-state index is 0.0147. The molecule has 0 N–H and O–H groups in total. The molecule has 0 fully saturated rings. The lowest BCUT2D eigenvalue weighted by atomic mass is 10.1. The van der Waals surface area contributed by atoms with Gasteiger partial charge >= 0.3 is 17.3 Å². The number of ether oxygens (including phenoxy) is 2. The van der Waals surface area contributed by atoms with Crippen LogP contribution >= 0.6 is 0 Å². The predicted octanol–water partition coefficient (Wildman–Crippen LogP) is 3.21. The lowest BCUT2D eigenvalue weighted by Crippen LogP contribution is -2.08. The van der Waals surface area contributed by atoms with Crippen LogP contribution in [-0.4, -0.2) is 37.1 Å². The van der Waals surface area contributed by atoms with E-state index in [-0.39, 0.29) is 16.2 Å². The van der Waals surface area contributed by atoms with E-state index >= 15 is 0 Å². The molecule has 0 saturated heterocycles. The van der Waals surface area contributed by atoms with Gasteiger partial charge in [0.05, 0.1) is 16.9 Å². The number of carbonyl (C=O) groups excluding carboxylic acids is 1. The minimum Gasteiger partial charge on any atom is -0.465 e. The Morgan fingerprint density at radius 3 is 2.00 bits per heavy atom. The first kappa shape index (κ1) is 17.9. The smallest absolute Gasteiger partial charge is 0.345 e. The molecule has 0 amide bonds. The Morgan fingerprint density at radius 1 is 0.840 bits per heavy atom. The molecule has 9 heteroatoms. The van der Waals surface area contributed by atoms with E-state index < -0.39 is 5.97 Å². The number of rotatable bonds is 7. The van der Waals surface area contributed by atoms with Crippen molar-refractivity contribution in [3.8, 4) is 11.5 Å². The lowest BCUT2D eigenvalue weighted by Gasteiger charge is -2.07. The quantitative estimate of drug-likeness (QED) is 0.560. The summed E-state index contributed by atoms with van der Waals surface area (Å²) in [5.41, 5.74) is 0.264. The van der Waals surface area contributed by atoms with Crippen LogP contribution in [0.25, 0.3) is 0 Å². The van der Waals surface area contributed by atoms with Crippen LogP contribution in [0.4, 0.5) is 11.4 Å². The fraction of sp³-hybridized carbons (Fsp3) is 0.188. The van der Waals surface area contributed by atoms with E-state index in [0.29, 0.717) is 22.1 Å². The molecule has 130 valence electrons. The third-order valence-corrected chi connectivity index (χ3v) is 3.18. The van der Waals surface area contributed by atoms with Crippen LogP contribution in [0.1, 0.15) is 10.4 Å². The van der Waals surface area contributed by atoms with Gasteiger partial charge in [0.25, 0.3) is 9.85 Å². The average molecular weight is 348 g/mol. The molecular formula is C16H16N2O7+2. The highest BCUT2D eigenvalue weighted by Gasteiger charge is 2.27. The van der Waals surface area contributed by atoms with Crippen LogP contribution in [0.15, 0.2) is 42.5 Å². The van der Waals surface area contributed by atoms with E-state index in [1.807, 2.05) is 0 Å². The van der Waals surface area contributed by atoms with E-state index in [2.05, 4.69) is 14.4 Å². The van der Waals surface area contributed by atoms with E-state index in [0.717, 1.165) is 0 Å². The first-order valence-electron chi connectivity index (χ1n) is 7.03. The average Bonchev–Trinajstić information content (AvgIpc) is 2.66. The minimum atomic E-state index is -0.712. The molecule has 0 atom stereocenters. The number of nitrogens with zero attached hydrogens (tertiary/aromatic N) is 2. The molecule has 0 spiro atoms. The third-order valence-electron chi connectivity index (χ3n) is 3.18. The Hall–Kier alpha value is -3.49. The zero-order chi connectivity index (χ0) is 18.4. The Balaban J connectivity index is 2.29. The van der Waals surface area contributed by atoms with Crippen molar-refractivity contribution in [1.29, 1.82) is 0 Å². The van der Waals surface area contributed by atoms with Gasteiger partial charge in [-0.05, 0) is 18.2 Å². The second-order valence-corrected chi connectivity index (χ2v) is 4.65. The van der Waals surface area contributed by atoms with Crippen molar-refractivity contribution in [2.24, 2.45) is 0 Å². The fourth-order valence-electron chi connectivity index (χ4n) is 1.99. The Morgan fingerprint density at radius 2 is 1.44 bits per heavy atom. The summed E-state index contributed by atoms with van der Waals surface area (Å²) >= 11 is 0. The number of benzene rings is 2. The molecule has 2 rings (SSSR count). The predicted molar refractivity (Wildman–Crippen MR) is 84.9 cm³/mol. The zero-order valence-electron chi connectivity index (χ0n) is 13.8. The van der Waals surface area contributed by atoms with Crippen molar-refractivity contribution in [1.82, 2.24) is 0 Å². The third kappa shape index (κ3) is 4.08. The highest BCUT2D eigenvalue weighted by atomic mass is 16.8. The van der Waals surface area contributed by atoms with Crippen LogP contribution < -0.4 is 4.74 Å². The van der Waals surface area contributed by atoms with Gasteiger partial charge in [-0.2, -0.15) is 0 Å². The van der Waals surface area contributed by atoms with Gasteiger partial charge in [-0.3, -0.25) is 0 Å². The second kappa shape index (κ2) is 7.86. The number of hydrogen-bond acceptors (Lipinski definition) is 7. The molecule has 9 nitrogen and oxygen atoms in total. The summed E-state index contributed by atoms with van der Waals surface area (Å²) in [6.45, 7) is 0. The van der Waals surface area contributed by atoms with Gasteiger partial charge in [-0.25, -0.2) is 14.5 Å². The molecule has 0 aliphatic carbocycles. The molecule has 0 aromatic heterocycles. The van der Waals surface area contributed by atoms with Gasteiger partial charge in [-0.15, -0.1) is 0 Å². The molecule has 0 bridgehead atoms. The zero-order valence-corrected chi connectivity index (χ0v) is 13.8. The van der Waals surface area contributed by atoms with Crippen LogP contribution in [-0.2, 0) is 14.4 Å². The van der Waals surface area contributed by atoms with Crippen molar-refractivity contribution < 1.29 is 33.8 Å². The standard InChI is InChI=1S/C16H16N2O7/c1-22-16(19)14-10-13(8-9-15(14)18(21)24-3)25-12-6-4-11(5-7-12)17(20)23-2/h4-10H,1-3H3/q+2. The Kier molecular flexibility index (Phi) is 5.62. The number of esters is 1. The first-order valence-corrected chi connectivity index (χ1v) is 7.03. The van der Waals surface area contributed by atoms with E-state index in [1.54, 1.807) is 12.1 Å². The van der Waals surface area contributed by atoms with Gasteiger partial charge in [0.2, 0.25) is 0 Å².